The fraction of sp³-hybridized carbons (Fsp3) is 0.273. The Hall–Kier alpha value is -3.48. The zero-order chi connectivity index (χ0) is 20.4. The molecule has 0 aliphatic carbocycles. The van der Waals surface area contributed by atoms with Crippen LogP contribution in [0.5, 0.6) is 11.6 Å². The molecular weight excluding hydrogens is 368 g/mol. The van der Waals surface area contributed by atoms with E-state index in [1.807, 2.05) is 37.3 Å². The van der Waals surface area contributed by atoms with Crippen molar-refractivity contribution in [3.05, 3.63) is 82.2 Å². The van der Waals surface area contributed by atoms with Crippen LogP contribution in [-0.2, 0) is 7.05 Å². The first kappa shape index (κ1) is 18.9. The summed E-state index contributed by atoms with van der Waals surface area (Å²) in [7, 11) is 1.64. The van der Waals surface area contributed by atoms with Crippen molar-refractivity contribution in [2.45, 2.75) is 19.3 Å². The Balaban J connectivity index is 1.50. The molecule has 4 rings (SSSR count). The van der Waals surface area contributed by atoms with Crippen LogP contribution in [0.2, 0.25) is 0 Å². The normalized spacial score (nSPS) is 16.1. The first-order chi connectivity index (χ1) is 14.0. The Morgan fingerprint density at radius 2 is 1.93 bits per heavy atom. The Bertz CT molecular complexity index is 1090. The van der Waals surface area contributed by atoms with E-state index in [0.717, 1.165) is 17.9 Å². The lowest BCUT2D eigenvalue weighted by atomic mass is 10.1. The van der Waals surface area contributed by atoms with E-state index < -0.39 is 0 Å². The molecule has 0 bridgehead atoms. The summed E-state index contributed by atoms with van der Waals surface area (Å²) in [5.41, 5.74) is 1.19. The predicted octanol–water partition coefficient (Wildman–Crippen LogP) is 2.91. The van der Waals surface area contributed by atoms with E-state index in [1.165, 1.54) is 10.6 Å². The molecule has 148 valence electrons. The lowest BCUT2D eigenvalue weighted by Gasteiger charge is -2.17. The topological polar surface area (TPSA) is 77.3 Å². The first-order valence-electron chi connectivity index (χ1n) is 9.54. The summed E-state index contributed by atoms with van der Waals surface area (Å²) in [5.74, 6) is 1.86. The molecule has 0 radical (unpaired) electrons. The Morgan fingerprint density at radius 3 is 2.69 bits per heavy atom. The van der Waals surface area contributed by atoms with Gasteiger partial charge in [-0.2, -0.15) is 4.98 Å². The predicted molar refractivity (Wildman–Crippen MR) is 108 cm³/mol. The lowest BCUT2D eigenvalue weighted by molar-refractivity contribution is 0.0789. The number of aromatic nitrogens is 3. The fourth-order valence-electron chi connectivity index (χ4n) is 3.46. The van der Waals surface area contributed by atoms with Crippen molar-refractivity contribution in [2.75, 3.05) is 13.1 Å². The van der Waals surface area contributed by atoms with Gasteiger partial charge in [0.15, 0.2) is 0 Å². The van der Waals surface area contributed by atoms with E-state index >= 15 is 0 Å². The number of pyridine rings is 1. The van der Waals surface area contributed by atoms with Gasteiger partial charge in [-0.3, -0.25) is 9.59 Å². The summed E-state index contributed by atoms with van der Waals surface area (Å²) in [6.07, 6.45) is 2.36. The molecule has 3 heterocycles. The SMILES string of the molecule is Cc1cc(Oc2ccccc2)nc([C@@H]2CCN(C(=O)c3ccc(=O)n(C)c3)C2)n1. The van der Waals surface area contributed by atoms with Crippen molar-refractivity contribution < 1.29 is 9.53 Å². The Labute approximate surface area is 168 Å². The van der Waals surface area contributed by atoms with Crippen LogP contribution < -0.4 is 10.3 Å². The number of benzene rings is 1. The molecule has 1 atom stereocenters. The highest BCUT2D eigenvalue weighted by atomic mass is 16.5. The monoisotopic (exact) mass is 390 g/mol. The van der Waals surface area contributed by atoms with Gasteiger partial charge in [0.2, 0.25) is 11.4 Å². The number of nitrogens with zero attached hydrogens (tertiary/aromatic N) is 4. The first-order valence-corrected chi connectivity index (χ1v) is 9.54. The molecule has 7 heteroatoms. The van der Waals surface area contributed by atoms with Crippen molar-refractivity contribution >= 4 is 5.91 Å². The van der Waals surface area contributed by atoms with Gasteiger partial charge in [-0.15, -0.1) is 0 Å². The van der Waals surface area contributed by atoms with Crippen molar-refractivity contribution in [2.24, 2.45) is 7.05 Å². The molecule has 7 nitrogen and oxygen atoms in total. The lowest BCUT2D eigenvalue weighted by Crippen LogP contribution is -2.30. The summed E-state index contributed by atoms with van der Waals surface area (Å²) >= 11 is 0. The van der Waals surface area contributed by atoms with E-state index in [1.54, 1.807) is 30.3 Å². The minimum atomic E-state index is -0.139. The van der Waals surface area contributed by atoms with Crippen LogP contribution in [0.3, 0.4) is 0 Å². The molecule has 1 aliphatic rings. The second-order valence-electron chi connectivity index (χ2n) is 7.22. The molecular formula is C22H22N4O3. The largest absolute Gasteiger partial charge is 0.439 e. The van der Waals surface area contributed by atoms with Crippen molar-refractivity contribution in [1.82, 2.24) is 19.4 Å². The number of amides is 1. The van der Waals surface area contributed by atoms with Crippen molar-refractivity contribution in [3.8, 4) is 11.6 Å². The Morgan fingerprint density at radius 1 is 1.14 bits per heavy atom. The minimum Gasteiger partial charge on any atom is -0.439 e. The van der Waals surface area contributed by atoms with Crippen LogP contribution in [0, 0.1) is 6.92 Å². The van der Waals surface area contributed by atoms with Crippen molar-refractivity contribution in [3.63, 3.8) is 0 Å². The molecule has 0 unspecified atom stereocenters. The van der Waals surface area contributed by atoms with Gasteiger partial charge in [0, 0.05) is 50.1 Å². The minimum absolute atomic E-state index is 0.0458. The third kappa shape index (κ3) is 4.18. The van der Waals surface area contributed by atoms with E-state index in [4.69, 9.17) is 4.74 Å². The van der Waals surface area contributed by atoms with Gasteiger partial charge < -0.3 is 14.2 Å². The molecule has 1 amide bonds. The molecule has 0 saturated carbocycles. The number of ether oxygens (including phenoxy) is 1. The molecule has 1 aromatic carbocycles. The van der Waals surface area contributed by atoms with E-state index in [0.29, 0.717) is 30.4 Å². The van der Waals surface area contributed by atoms with Crippen LogP contribution in [0.15, 0.2) is 59.5 Å². The summed E-state index contributed by atoms with van der Waals surface area (Å²) in [5, 5.41) is 0. The van der Waals surface area contributed by atoms with Gasteiger partial charge in [-0.1, -0.05) is 18.2 Å². The average Bonchev–Trinajstić information content (AvgIpc) is 3.20. The highest BCUT2D eigenvalue weighted by Gasteiger charge is 2.30. The zero-order valence-electron chi connectivity index (χ0n) is 16.4. The number of aryl methyl sites for hydroxylation is 2. The molecule has 29 heavy (non-hydrogen) atoms. The molecule has 1 aliphatic heterocycles. The number of para-hydroxylation sites is 1. The number of hydrogen-bond acceptors (Lipinski definition) is 5. The molecule has 1 fully saturated rings. The summed E-state index contributed by atoms with van der Waals surface area (Å²) in [6.45, 7) is 3.07. The Kier molecular flexibility index (Phi) is 5.12. The van der Waals surface area contributed by atoms with Gasteiger partial charge in [0.25, 0.3) is 5.91 Å². The third-order valence-corrected chi connectivity index (χ3v) is 4.99. The number of carbonyl (C=O) groups excluding carboxylic acids is 1. The summed E-state index contributed by atoms with van der Waals surface area (Å²) < 4.78 is 7.28. The van der Waals surface area contributed by atoms with Crippen LogP contribution in [0.25, 0.3) is 0 Å². The summed E-state index contributed by atoms with van der Waals surface area (Å²) in [6, 6.07) is 14.3. The maximum atomic E-state index is 12.8. The van der Waals surface area contributed by atoms with Crippen LogP contribution in [0.4, 0.5) is 0 Å². The third-order valence-electron chi connectivity index (χ3n) is 4.99. The molecule has 0 N–H and O–H groups in total. The standard InChI is InChI=1S/C22H22N4O3/c1-15-12-19(29-18-6-4-3-5-7-18)24-21(23-15)16-10-11-26(14-16)22(28)17-8-9-20(27)25(2)13-17/h3-9,12-13,16H,10-11,14H2,1-2H3/t16-/m1/s1. The van der Waals surface area contributed by atoms with Crippen LogP contribution in [0.1, 0.15) is 34.2 Å². The van der Waals surface area contributed by atoms with E-state index in [-0.39, 0.29) is 17.4 Å². The quantitative estimate of drug-likeness (QED) is 0.685. The van der Waals surface area contributed by atoms with Gasteiger partial charge >= 0.3 is 0 Å². The number of rotatable bonds is 4. The average molecular weight is 390 g/mol. The molecule has 3 aromatic rings. The van der Waals surface area contributed by atoms with E-state index in [2.05, 4.69) is 9.97 Å². The molecule has 1 saturated heterocycles. The highest BCUT2D eigenvalue weighted by molar-refractivity contribution is 5.94. The molecule has 0 spiro atoms. The second-order valence-corrected chi connectivity index (χ2v) is 7.22. The van der Waals surface area contributed by atoms with Gasteiger partial charge in [-0.25, -0.2) is 4.98 Å². The van der Waals surface area contributed by atoms with E-state index in [9.17, 15) is 9.59 Å². The molecule has 2 aromatic heterocycles. The van der Waals surface area contributed by atoms with Crippen LogP contribution in [-0.4, -0.2) is 38.4 Å². The maximum Gasteiger partial charge on any atom is 0.255 e. The number of carbonyl (C=O) groups is 1. The highest BCUT2D eigenvalue weighted by Crippen LogP contribution is 2.28. The van der Waals surface area contributed by atoms with Gasteiger partial charge in [0.1, 0.15) is 11.6 Å². The van der Waals surface area contributed by atoms with Gasteiger partial charge in [-0.05, 0) is 31.5 Å². The van der Waals surface area contributed by atoms with Gasteiger partial charge in [0.05, 0.1) is 5.56 Å². The van der Waals surface area contributed by atoms with Crippen molar-refractivity contribution in [1.29, 1.82) is 0 Å². The zero-order valence-corrected chi connectivity index (χ0v) is 16.4. The number of hydrogen-bond donors (Lipinski definition) is 0. The smallest absolute Gasteiger partial charge is 0.255 e. The second kappa shape index (κ2) is 7.87. The van der Waals surface area contributed by atoms with Crippen LogP contribution >= 0.6 is 0 Å². The fourth-order valence-corrected chi connectivity index (χ4v) is 3.46. The summed E-state index contributed by atoms with van der Waals surface area (Å²) in [4.78, 5) is 35.3. The maximum absolute atomic E-state index is 12.8. The number of likely N-dealkylation sites (tertiary alicyclic amines) is 1.